The lowest BCUT2D eigenvalue weighted by Gasteiger charge is -2.50. The van der Waals surface area contributed by atoms with Crippen LogP contribution in [-0.2, 0) is 20.8 Å². The molecule has 0 radical (unpaired) electrons. The van der Waals surface area contributed by atoms with Crippen molar-refractivity contribution < 1.29 is 34.8 Å². The van der Waals surface area contributed by atoms with Crippen LogP contribution in [0.25, 0.3) is 16.9 Å². The van der Waals surface area contributed by atoms with Gasteiger partial charge in [-0.3, -0.25) is 19.3 Å². The Morgan fingerprint density at radius 1 is 1.05 bits per heavy atom. The number of carbonyl (C=O) groups excluding carboxylic acids is 3. The number of primary amides is 1. The van der Waals surface area contributed by atoms with Gasteiger partial charge in [-0.25, -0.2) is 0 Å². The molecular formula is C29H32N4O7. The number of phenols is 1. The number of anilines is 2. The molecule has 11 heteroatoms. The fraction of sp³-hybridized carbons (Fsp3) is 0.345. The SMILES string of the molecule is CN(C)c1ccc(-c2cc(N)c(O)c3c2C[C@H]2C[C@H]4C(N(C)C)C(=O)C(C(N)=O)=C(O)[C@@]4(O)C(=O)C2=C3O)cc1. The van der Waals surface area contributed by atoms with E-state index in [0.29, 0.717) is 11.1 Å². The Bertz CT molecular complexity index is 1540. The molecule has 210 valence electrons. The highest BCUT2D eigenvalue weighted by atomic mass is 16.3. The number of nitrogen functional groups attached to an aromatic ring is 1. The maximum absolute atomic E-state index is 14.0. The van der Waals surface area contributed by atoms with Gasteiger partial charge in [0.25, 0.3) is 5.91 Å². The molecule has 1 amide bonds. The lowest BCUT2D eigenvalue weighted by Crippen LogP contribution is -2.65. The van der Waals surface area contributed by atoms with Crippen LogP contribution in [0.3, 0.4) is 0 Å². The second-order valence-electron chi connectivity index (χ2n) is 11.1. The molecule has 8 N–H and O–H groups in total. The molecule has 0 aliphatic heterocycles. The summed E-state index contributed by atoms with van der Waals surface area (Å²) >= 11 is 0. The van der Waals surface area contributed by atoms with Crippen molar-refractivity contribution in [1.82, 2.24) is 4.90 Å². The largest absolute Gasteiger partial charge is 0.508 e. The molecule has 0 saturated heterocycles. The molecule has 0 aromatic heterocycles. The normalized spacial score (nSPS) is 26.0. The van der Waals surface area contributed by atoms with Gasteiger partial charge >= 0.3 is 0 Å². The van der Waals surface area contributed by atoms with Crippen molar-refractivity contribution in [1.29, 1.82) is 0 Å². The lowest BCUT2D eigenvalue weighted by molar-refractivity contribution is -0.153. The highest BCUT2D eigenvalue weighted by Crippen LogP contribution is 2.54. The molecule has 1 saturated carbocycles. The number of aliphatic hydroxyl groups is 3. The van der Waals surface area contributed by atoms with Crippen LogP contribution < -0.4 is 16.4 Å². The minimum Gasteiger partial charge on any atom is -0.508 e. The minimum absolute atomic E-state index is 0.00983. The molecule has 40 heavy (non-hydrogen) atoms. The summed E-state index contributed by atoms with van der Waals surface area (Å²) in [6, 6.07) is 8.07. The predicted molar refractivity (Wildman–Crippen MR) is 148 cm³/mol. The van der Waals surface area contributed by atoms with Crippen molar-refractivity contribution in [2.75, 3.05) is 38.8 Å². The van der Waals surface area contributed by atoms with E-state index in [0.717, 1.165) is 11.3 Å². The number of nitrogens with zero attached hydrogens (tertiary/aromatic N) is 2. The summed E-state index contributed by atoms with van der Waals surface area (Å²) in [5.41, 5.74) is 10.6. The van der Waals surface area contributed by atoms with Crippen molar-refractivity contribution in [2.45, 2.75) is 24.5 Å². The average molecular weight is 549 g/mol. The number of aromatic hydroxyl groups is 1. The molecule has 5 rings (SSSR count). The maximum atomic E-state index is 14.0. The zero-order valence-corrected chi connectivity index (χ0v) is 22.6. The number of benzene rings is 2. The van der Waals surface area contributed by atoms with Gasteiger partial charge in [-0.1, -0.05) is 12.1 Å². The van der Waals surface area contributed by atoms with Crippen LogP contribution in [0, 0.1) is 11.8 Å². The molecule has 1 unspecified atom stereocenters. The van der Waals surface area contributed by atoms with Gasteiger partial charge in [0.05, 0.1) is 17.3 Å². The van der Waals surface area contributed by atoms with E-state index >= 15 is 0 Å². The number of hydrogen-bond acceptors (Lipinski definition) is 10. The molecule has 2 aromatic rings. The van der Waals surface area contributed by atoms with E-state index < -0.39 is 63.8 Å². The Hall–Kier alpha value is -4.35. The maximum Gasteiger partial charge on any atom is 0.255 e. The van der Waals surface area contributed by atoms with Gasteiger partial charge in [-0.15, -0.1) is 0 Å². The van der Waals surface area contributed by atoms with Gasteiger partial charge in [-0.2, -0.15) is 0 Å². The second kappa shape index (κ2) is 9.10. The fourth-order valence-corrected chi connectivity index (χ4v) is 6.53. The number of Topliss-reactive ketones (excluding diaryl/α,β-unsaturated/α-hetero) is 2. The molecule has 1 fully saturated rings. The second-order valence-corrected chi connectivity index (χ2v) is 11.1. The van der Waals surface area contributed by atoms with Crippen LogP contribution in [0.1, 0.15) is 17.5 Å². The molecular weight excluding hydrogens is 516 g/mol. The summed E-state index contributed by atoms with van der Waals surface area (Å²) in [6.45, 7) is 0. The molecule has 3 aliphatic carbocycles. The van der Waals surface area contributed by atoms with E-state index in [2.05, 4.69) is 0 Å². The quantitative estimate of drug-likeness (QED) is 0.184. The standard InChI is InChI=1S/C29H32N4O7/c1-32(2)14-7-5-12(6-8-14)15-11-18(30)23(34)20-16(15)9-13-10-17-22(33(3)4)25(36)21(28(31)39)27(38)29(17,40)26(37)19(13)24(20)35/h5-8,11,13,17,22,34-35,38,40H,9-10,30H2,1-4H3,(H2,31,39)/t13-,17-,22?,29-/m0/s1. The van der Waals surface area contributed by atoms with Crippen LogP contribution in [0.4, 0.5) is 11.4 Å². The first-order valence-electron chi connectivity index (χ1n) is 12.8. The third kappa shape index (κ3) is 3.61. The Morgan fingerprint density at radius 3 is 2.23 bits per heavy atom. The van der Waals surface area contributed by atoms with Crippen molar-refractivity contribution in [2.24, 2.45) is 17.6 Å². The first-order valence-corrected chi connectivity index (χ1v) is 12.8. The topological polar surface area (TPSA) is 191 Å². The number of rotatable bonds is 4. The summed E-state index contributed by atoms with van der Waals surface area (Å²) in [4.78, 5) is 42.8. The average Bonchev–Trinajstić information content (AvgIpc) is 2.88. The molecule has 2 aromatic carbocycles. The minimum atomic E-state index is -2.69. The summed E-state index contributed by atoms with van der Waals surface area (Å²) < 4.78 is 0. The predicted octanol–water partition coefficient (Wildman–Crippen LogP) is 1.28. The van der Waals surface area contributed by atoms with Crippen LogP contribution in [0.2, 0.25) is 0 Å². The Labute approximate surface area is 230 Å². The summed E-state index contributed by atoms with van der Waals surface area (Å²) in [5.74, 6) is -7.07. The van der Waals surface area contributed by atoms with E-state index in [1.807, 2.05) is 43.3 Å². The molecule has 0 bridgehead atoms. The summed E-state index contributed by atoms with van der Waals surface area (Å²) in [6.07, 6.45) is 0.184. The van der Waals surface area contributed by atoms with Crippen molar-refractivity contribution >= 4 is 34.6 Å². The number of likely N-dealkylation sites (N-methyl/N-ethyl adjacent to an activating group) is 1. The zero-order valence-electron chi connectivity index (χ0n) is 22.6. The van der Waals surface area contributed by atoms with E-state index in [4.69, 9.17) is 11.5 Å². The highest BCUT2D eigenvalue weighted by Gasteiger charge is 2.64. The van der Waals surface area contributed by atoms with Crippen LogP contribution >= 0.6 is 0 Å². The first-order chi connectivity index (χ1) is 18.7. The fourth-order valence-electron chi connectivity index (χ4n) is 6.53. The first kappa shape index (κ1) is 27.2. The van der Waals surface area contributed by atoms with E-state index in [-0.39, 0.29) is 29.7 Å². The Balaban J connectivity index is 1.73. The van der Waals surface area contributed by atoms with Gasteiger partial charge in [-0.05, 0) is 67.7 Å². The molecule has 4 atom stereocenters. The molecule has 3 aliphatic rings. The molecule has 11 nitrogen and oxygen atoms in total. The lowest BCUT2D eigenvalue weighted by atomic mass is 9.57. The van der Waals surface area contributed by atoms with Gasteiger partial charge in [0, 0.05) is 31.3 Å². The van der Waals surface area contributed by atoms with Crippen molar-refractivity contribution in [3.05, 3.63) is 58.4 Å². The van der Waals surface area contributed by atoms with Crippen molar-refractivity contribution in [3.8, 4) is 16.9 Å². The van der Waals surface area contributed by atoms with Gasteiger partial charge < -0.3 is 36.8 Å². The Morgan fingerprint density at radius 2 is 1.68 bits per heavy atom. The van der Waals surface area contributed by atoms with Gasteiger partial charge in [0.2, 0.25) is 5.78 Å². The number of amides is 1. The monoisotopic (exact) mass is 548 g/mol. The number of aliphatic hydroxyl groups excluding tert-OH is 2. The summed E-state index contributed by atoms with van der Waals surface area (Å²) in [7, 11) is 6.95. The number of nitrogens with two attached hydrogens (primary N) is 2. The number of phenolic OH excluding ortho intramolecular Hbond substituents is 1. The van der Waals surface area contributed by atoms with E-state index in [1.54, 1.807) is 20.2 Å². The summed E-state index contributed by atoms with van der Waals surface area (Å²) in [5, 5.41) is 45.1. The smallest absolute Gasteiger partial charge is 0.255 e. The van der Waals surface area contributed by atoms with Gasteiger partial charge in [0.15, 0.2) is 11.4 Å². The van der Waals surface area contributed by atoms with Crippen LogP contribution in [0.15, 0.2) is 47.2 Å². The Kier molecular flexibility index (Phi) is 6.20. The number of hydrogen-bond donors (Lipinski definition) is 6. The van der Waals surface area contributed by atoms with E-state index in [1.165, 1.54) is 4.90 Å². The van der Waals surface area contributed by atoms with Gasteiger partial charge in [0.1, 0.15) is 22.8 Å². The zero-order chi connectivity index (χ0) is 29.4. The highest BCUT2D eigenvalue weighted by molar-refractivity contribution is 6.24. The molecule has 0 spiro atoms. The van der Waals surface area contributed by atoms with Crippen molar-refractivity contribution in [3.63, 3.8) is 0 Å². The number of carbonyl (C=O) groups is 3. The number of ketones is 2. The number of fused-ring (bicyclic) bond motifs is 3. The molecule has 0 heterocycles. The third-order valence-electron chi connectivity index (χ3n) is 8.44. The van der Waals surface area contributed by atoms with Crippen LogP contribution in [0.5, 0.6) is 5.75 Å². The van der Waals surface area contributed by atoms with Crippen LogP contribution in [-0.4, -0.2) is 82.6 Å². The third-order valence-corrected chi connectivity index (χ3v) is 8.44. The van der Waals surface area contributed by atoms with E-state index in [9.17, 15) is 34.8 Å².